The lowest BCUT2D eigenvalue weighted by Crippen LogP contribution is -2.30. The van der Waals surface area contributed by atoms with Crippen molar-refractivity contribution in [3.8, 4) is 0 Å². The fourth-order valence-corrected chi connectivity index (χ4v) is 5.33. The fraction of sp³-hybridized carbons (Fsp3) is 0.938. The Balaban J connectivity index is 1.98. The van der Waals surface area contributed by atoms with E-state index in [9.17, 15) is 4.79 Å². The highest BCUT2D eigenvalue weighted by Crippen LogP contribution is 2.32. The van der Waals surface area contributed by atoms with Crippen molar-refractivity contribution < 1.29 is 4.79 Å². The average Bonchev–Trinajstić information content (AvgIpc) is 2.42. The summed E-state index contributed by atoms with van der Waals surface area (Å²) < 4.78 is 0. The van der Waals surface area contributed by atoms with Crippen molar-refractivity contribution in [2.24, 2.45) is 0 Å². The molecule has 112 valence electrons. The molecule has 2 atom stereocenters. The maximum Gasteiger partial charge on any atom is 0.146 e. The van der Waals surface area contributed by atoms with E-state index in [-0.39, 0.29) is 5.25 Å². The lowest BCUT2D eigenvalue weighted by molar-refractivity contribution is -0.118. The maximum atomic E-state index is 12.1. The van der Waals surface area contributed by atoms with Crippen LogP contribution in [0.3, 0.4) is 0 Å². The number of ketones is 1. The highest BCUT2D eigenvalue weighted by atomic mass is 32.2. The molecule has 0 amide bonds. The molecule has 0 bridgehead atoms. The van der Waals surface area contributed by atoms with Crippen molar-refractivity contribution in [2.45, 2.75) is 82.1 Å². The summed E-state index contributed by atoms with van der Waals surface area (Å²) >= 11 is 3.85. The molecule has 0 aromatic rings. The number of hydrogen-bond acceptors (Lipinski definition) is 3. The molecule has 0 radical (unpaired) electrons. The Kier molecular flexibility index (Phi) is 10.2. The monoisotopic (exact) mass is 302 g/mol. The summed E-state index contributed by atoms with van der Waals surface area (Å²) in [5, 5.41) is 0.809. The van der Waals surface area contributed by atoms with Gasteiger partial charge in [0.1, 0.15) is 5.78 Å². The minimum absolute atomic E-state index is 0.281. The molecule has 0 N–H and O–H groups in total. The molecule has 0 aliphatic carbocycles. The predicted octanol–water partition coefficient (Wildman–Crippen LogP) is 5.32. The number of carbonyl (C=O) groups excluding carboxylic acids is 1. The molecule has 1 rings (SSSR count). The molecule has 2 unspecified atom stereocenters. The van der Waals surface area contributed by atoms with Crippen molar-refractivity contribution in [1.82, 2.24) is 0 Å². The van der Waals surface area contributed by atoms with Crippen molar-refractivity contribution >= 4 is 29.3 Å². The predicted molar refractivity (Wildman–Crippen MR) is 90.4 cm³/mol. The fourth-order valence-electron chi connectivity index (χ4n) is 2.56. The normalized spacial score (nSPS) is 23.5. The largest absolute Gasteiger partial charge is 0.298 e. The molecule has 0 spiro atoms. The molecule has 19 heavy (non-hydrogen) atoms. The van der Waals surface area contributed by atoms with E-state index in [1.54, 1.807) is 0 Å². The first-order valence-electron chi connectivity index (χ1n) is 8.01. The lowest BCUT2D eigenvalue weighted by atomic mass is 10.0. The molecular weight excluding hydrogens is 272 g/mol. The van der Waals surface area contributed by atoms with E-state index in [0.717, 1.165) is 18.6 Å². The summed E-state index contributed by atoms with van der Waals surface area (Å²) in [5.41, 5.74) is 0. The molecular formula is C16H30OS2. The topological polar surface area (TPSA) is 17.1 Å². The van der Waals surface area contributed by atoms with Gasteiger partial charge >= 0.3 is 0 Å². The smallest absolute Gasteiger partial charge is 0.146 e. The van der Waals surface area contributed by atoms with Gasteiger partial charge in [0, 0.05) is 23.2 Å². The zero-order valence-electron chi connectivity index (χ0n) is 12.7. The second kappa shape index (κ2) is 11.1. The van der Waals surface area contributed by atoms with Crippen LogP contribution in [0.25, 0.3) is 0 Å². The van der Waals surface area contributed by atoms with E-state index in [1.807, 2.05) is 23.5 Å². The Morgan fingerprint density at radius 3 is 2.16 bits per heavy atom. The van der Waals surface area contributed by atoms with Gasteiger partial charge in [-0.3, -0.25) is 4.79 Å². The van der Waals surface area contributed by atoms with Crippen LogP contribution >= 0.6 is 23.5 Å². The number of unbranched alkanes of at least 4 members (excludes halogenated alkanes) is 7. The van der Waals surface area contributed by atoms with E-state index in [1.165, 1.54) is 50.7 Å². The quantitative estimate of drug-likeness (QED) is 0.508. The van der Waals surface area contributed by atoms with Crippen molar-refractivity contribution in [1.29, 1.82) is 0 Å². The van der Waals surface area contributed by atoms with Gasteiger partial charge in [-0.2, -0.15) is 11.8 Å². The first-order valence-corrected chi connectivity index (χ1v) is 10.1. The van der Waals surface area contributed by atoms with E-state index in [4.69, 9.17) is 0 Å². The molecule has 1 aliphatic rings. The highest BCUT2D eigenvalue weighted by Gasteiger charge is 2.28. The minimum Gasteiger partial charge on any atom is -0.298 e. The van der Waals surface area contributed by atoms with E-state index in [2.05, 4.69) is 13.8 Å². The number of hydrogen-bond donors (Lipinski definition) is 0. The van der Waals surface area contributed by atoms with Gasteiger partial charge in [0.05, 0.1) is 5.25 Å². The summed E-state index contributed by atoms with van der Waals surface area (Å²) in [6.07, 6.45) is 11.3. The summed E-state index contributed by atoms with van der Waals surface area (Å²) in [6.45, 7) is 4.47. The molecule has 1 heterocycles. The van der Waals surface area contributed by atoms with Crippen LogP contribution in [-0.4, -0.2) is 27.8 Å². The molecule has 1 nitrogen and oxygen atoms in total. The van der Waals surface area contributed by atoms with Gasteiger partial charge in [-0.15, -0.1) is 11.8 Å². The second-order valence-corrected chi connectivity index (χ2v) is 8.29. The molecule has 1 saturated heterocycles. The Bertz CT molecular complexity index is 243. The zero-order chi connectivity index (χ0) is 13.9. The van der Waals surface area contributed by atoms with Crippen LogP contribution in [0.5, 0.6) is 0 Å². The number of Topliss-reactive ketones (excluding diaryl/α,β-unsaturated/α-hetero) is 1. The number of rotatable bonds is 10. The highest BCUT2D eigenvalue weighted by molar-refractivity contribution is 8.07. The lowest BCUT2D eigenvalue weighted by Gasteiger charge is -2.26. The molecule has 0 aromatic carbocycles. The summed E-state index contributed by atoms with van der Waals surface area (Å²) in [5.74, 6) is 2.88. The summed E-state index contributed by atoms with van der Waals surface area (Å²) in [7, 11) is 0. The summed E-state index contributed by atoms with van der Waals surface area (Å²) in [4.78, 5) is 12.1. The molecule has 0 saturated carbocycles. The van der Waals surface area contributed by atoms with Crippen LogP contribution in [0.2, 0.25) is 0 Å². The van der Waals surface area contributed by atoms with Gasteiger partial charge in [0.25, 0.3) is 0 Å². The SMILES string of the molecule is CCCCCCCCCCC(=O)C1SCCSC1C. The first kappa shape index (κ1) is 17.4. The van der Waals surface area contributed by atoms with Gasteiger partial charge in [-0.1, -0.05) is 58.8 Å². The van der Waals surface area contributed by atoms with Gasteiger partial charge in [0.2, 0.25) is 0 Å². The summed E-state index contributed by atoms with van der Waals surface area (Å²) in [6, 6.07) is 0. The van der Waals surface area contributed by atoms with Crippen molar-refractivity contribution in [3.05, 3.63) is 0 Å². The van der Waals surface area contributed by atoms with Crippen LogP contribution in [-0.2, 0) is 4.79 Å². The molecule has 3 heteroatoms. The zero-order valence-corrected chi connectivity index (χ0v) is 14.3. The van der Waals surface area contributed by atoms with Gasteiger partial charge in [-0.25, -0.2) is 0 Å². The standard InChI is InChI=1S/C16H30OS2/c1-3-4-5-6-7-8-9-10-11-15(17)16-14(2)18-12-13-19-16/h14,16H,3-13H2,1-2H3. The van der Waals surface area contributed by atoms with E-state index >= 15 is 0 Å². The Morgan fingerprint density at radius 2 is 1.53 bits per heavy atom. The van der Waals surface area contributed by atoms with Crippen LogP contribution in [0, 0.1) is 0 Å². The van der Waals surface area contributed by atoms with Crippen LogP contribution < -0.4 is 0 Å². The second-order valence-electron chi connectivity index (χ2n) is 5.56. The molecule has 0 aromatic heterocycles. The average molecular weight is 303 g/mol. The van der Waals surface area contributed by atoms with Gasteiger partial charge < -0.3 is 0 Å². The van der Waals surface area contributed by atoms with Crippen LogP contribution in [0.15, 0.2) is 0 Å². The van der Waals surface area contributed by atoms with Crippen LogP contribution in [0.4, 0.5) is 0 Å². The Hall–Kier alpha value is 0.370. The number of thioether (sulfide) groups is 2. The van der Waals surface area contributed by atoms with Crippen LogP contribution in [0.1, 0.15) is 71.6 Å². The Labute approximate surface area is 128 Å². The Morgan fingerprint density at radius 1 is 0.947 bits per heavy atom. The van der Waals surface area contributed by atoms with E-state index < -0.39 is 0 Å². The maximum absolute atomic E-state index is 12.1. The third-order valence-electron chi connectivity index (χ3n) is 3.78. The first-order chi connectivity index (χ1) is 9.25. The number of carbonyl (C=O) groups is 1. The minimum atomic E-state index is 0.281. The van der Waals surface area contributed by atoms with E-state index in [0.29, 0.717) is 11.0 Å². The third kappa shape index (κ3) is 7.65. The molecule has 1 aliphatic heterocycles. The van der Waals surface area contributed by atoms with Gasteiger partial charge in [-0.05, 0) is 6.42 Å². The third-order valence-corrected chi connectivity index (χ3v) is 6.92. The molecule has 1 fully saturated rings. The van der Waals surface area contributed by atoms with Crippen molar-refractivity contribution in [3.63, 3.8) is 0 Å². The van der Waals surface area contributed by atoms with Gasteiger partial charge in [0.15, 0.2) is 0 Å². The van der Waals surface area contributed by atoms with Crippen molar-refractivity contribution in [2.75, 3.05) is 11.5 Å².